The highest BCUT2D eigenvalue weighted by Crippen LogP contribution is 1.71. The predicted molar refractivity (Wildman–Crippen MR) is 62.3 cm³/mol. The van der Waals surface area contributed by atoms with Crippen LogP contribution in [0.4, 0.5) is 0 Å². The SMILES string of the molecule is C/C=c1/cccc/c1=C/C.CC(C)=O. The molecule has 0 aromatic heterocycles. The van der Waals surface area contributed by atoms with Crippen LogP contribution < -0.4 is 10.4 Å². The van der Waals surface area contributed by atoms with Gasteiger partial charge in [-0.15, -0.1) is 0 Å². The van der Waals surface area contributed by atoms with E-state index in [0.29, 0.717) is 0 Å². The van der Waals surface area contributed by atoms with Crippen LogP contribution in [0.15, 0.2) is 24.3 Å². The second-order valence-corrected chi connectivity index (χ2v) is 3.11. The van der Waals surface area contributed by atoms with Crippen molar-refractivity contribution in [3.8, 4) is 0 Å². The molecule has 0 amide bonds. The third-order valence-corrected chi connectivity index (χ3v) is 1.62. The lowest BCUT2D eigenvalue weighted by Crippen LogP contribution is -2.22. The molecule has 1 aromatic rings. The van der Waals surface area contributed by atoms with Gasteiger partial charge in [-0.25, -0.2) is 0 Å². The molecule has 0 saturated heterocycles. The minimum Gasteiger partial charge on any atom is -0.300 e. The van der Waals surface area contributed by atoms with Gasteiger partial charge in [0.15, 0.2) is 0 Å². The van der Waals surface area contributed by atoms with Crippen LogP contribution in [0.3, 0.4) is 0 Å². The minimum absolute atomic E-state index is 0.167. The van der Waals surface area contributed by atoms with Crippen LogP contribution in [0.2, 0.25) is 0 Å². The maximum Gasteiger partial charge on any atom is 0.126 e. The Kier molecular flexibility index (Phi) is 6.38. The van der Waals surface area contributed by atoms with Gasteiger partial charge in [-0.05, 0) is 38.1 Å². The molecule has 0 heterocycles. The molecule has 0 bridgehead atoms. The summed E-state index contributed by atoms with van der Waals surface area (Å²) in [4.78, 5) is 9.44. The average molecular weight is 190 g/mol. The van der Waals surface area contributed by atoms with Crippen molar-refractivity contribution < 1.29 is 4.79 Å². The van der Waals surface area contributed by atoms with Crippen molar-refractivity contribution in [3.05, 3.63) is 34.7 Å². The molecule has 1 nitrogen and oxygen atoms in total. The van der Waals surface area contributed by atoms with Crippen LogP contribution in [-0.2, 0) is 4.79 Å². The third-order valence-electron chi connectivity index (χ3n) is 1.62. The van der Waals surface area contributed by atoms with Crippen LogP contribution >= 0.6 is 0 Å². The van der Waals surface area contributed by atoms with Gasteiger partial charge in [-0.1, -0.05) is 36.4 Å². The van der Waals surface area contributed by atoms with E-state index < -0.39 is 0 Å². The zero-order chi connectivity index (χ0) is 11.0. The zero-order valence-electron chi connectivity index (χ0n) is 9.37. The molecule has 0 aliphatic carbocycles. The van der Waals surface area contributed by atoms with Gasteiger partial charge in [0.1, 0.15) is 5.78 Å². The van der Waals surface area contributed by atoms with Crippen LogP contribution in [0.5, 0.6) is 0 Å². The molecular formula is C13H18O. The van der Waals surface area contributed by atoms with E-state index in [2.05, 4.69) is 50.3 Å². The summed E-state index contributed by atoms with van der Waals surface area (Å²) in [6, 6.07) is 8.36. The fourth-order valence-corrected chi connectivity index (χ4v) is 1.04. The molecule has 1 heteroatoms. The third kappa shape index (κ3) is 5.31. The quantitative estimate of drug-likeness (QED) is 0.610. The largest absolute Gasteiger partial charge is 0.300 e. The summed E-state index contributed by atoms with van der Waals surface area (Å²) in [5, 5.41) is 2.62. The first-order chi connectivity index (χ1) is 6.61. The lowest BCUT2D eigenvalue weighted by atomic mass is 10.2. The number of carbonyl (C=O) groups excluding carboxylic acids is 1. The summed E-state index contributed by atoms with van der Waals surface area (Å²) in [6.45, 7) is 7.17. The first-order valence-electron chi connectivity index (χ1n) is 4.76. The Morgan fingerprint density at radius 2 is 1.29 bits per heavy atom. The Labute approximate surface area is 85.8 Å². The number of hydrogen-bond acceptors (Lipinski definition) is 1. The second-order valence-electron chi connectivity index (χ2n) is 3.11. The van der Waals surface area contributed by atoms with Gasteiger partial charge in [0.2, 0.25) is 0 Å². The summed E-state index contributed by atoms with van der Waals surface area (Å²) in [7, 11) is 0. The van der Waals surface area contributed by atoms with Gasteiger partial charge in [-0.2, -0.15) is 0 Å². The number of carbonyl (C=O) groups is 1. The number of Topliss-reactive ketones (excluding diaryl/α,β-unsaturated/α-hetero) is 1. The van der Waals surface area contributed by atoms with Crippen molar-refractivity contribution in [3.63, 3.8) is 0 Å². The summed E-state index contributed by atoms with van der Waals surface area (Å²) in [5.41, 5.74) is 0. The van der Waals surface area contributed by atoms with Gasteiger partial charge in [0, 0.05) is 0 Å². The van der Waals surface area contributed by atoms with E-state index in [1.807, 2.05) is 0 Å². The highest BCUT2D eigenvalue weighted by Gasteiger charge is 1.77. The van der Waals surface area contributed by atoms with Gasteiger partial charge in [-0.3, -0.25) is 0 Å². The molecular weight excluding hydrogens is 172 g/mol. The summed E-state index contributed by atoms with van der Waals surface area (Å²) >= 11 is 0. The maximum absolute atomic E-state index is 9.44. The topological polar surface area (TPSA) is 17.1 Å². The van der Waals surface area contributed by atoms with E-state index >= 15 is 0 Å². The van der Waals surface area contributed by atoms with Crippen molar-refractivity contribution in [2.24, 2.45) is 0 Å². The molecule has 0 saturated carbocycles. The first kappa shape index (κ1) is 12.6. The molecule has 0 aliphatic rings. The average Bonchev–Trinajstić information content (AvgIpc) is 2.17. The monoisotopic (exact) mass is 190 g/mol. The maximum atomic E-state index is 9.44. The molecule has 1 rings (SSSR count). The molecule has 14 heavy (non-hydrogen) atoms. The predicted octanol–water partition coefficient (Wildman–Crippen LogP) is 1.88. The van der Waals surface area contributed by atoms with Gasteiger partial charge >= 0.3 is 0 Å². The van der Waals surface area contributed by atoms with Gasteiger partial charge in [0.25, 0.3) is 0 Å². The Morgan fingerprint density at radius 3 is 1.50 bits per heavy atom. The highest BCUT2D eigenvalue weighted by atomic mass is 16.1. The Morgan fingerprint density at radius 1 is 1.00 bits per heavy atom. The molecule has 0 N–H and O–H groups in total. The summed E-state index contributed by atoms with van der Waals surface area (Å²) < 4.78 is 0. The van der Waals surface area contributed by atoms with Crippen molar-refractivity contribution in [1.82, 2.24) is 0 Å². The molecule has 0 unspecified atom stereocenters. The van der Waals surface area contributed by atoms with Crippen LogP contribution in [0, 0.1) is 0 Å². The van der Waals surface area contributed by atoms with Crippen LogP contribution in [0.25, 0.3) is 12.2 Å². The van der Waals surface area contributed by atoms with Gasteiger partial charge in [0.05, 0.1) is 0 Å². The Hall–Kier alpha value is -1.37. The normalized spacial score (nSPS) is 12.0. The standard InChI is InChI=1S/C10H12.C3H6O/c1-3-9-7-5-6-8-10(9)4-2;1-3(2)4/h3-8H,1-2H3;1-2H3/b9-3-,10-4-;. The number of ketones is 1. The Balaban J connectivity index is 0.000000364. The number of hydrogen-bond donors (Lipinski definition) is 0. The minimum atomic E-state index is 0.167. The van der Waals surface area contributed by atoms with E-state index in [0.717, 1.165) is 0 Å². The van der Waals surface area contributed by atoms with E-state index in [4.69, 9.17) is 0 Å². The van der Waals surface area contributed by atoms with Crippen molar-refractivity contribution in [2.45, 2.75) is 27.7 Å². The number of rotatable bonds is 0. The van der Waals surface area contributed by atoms with E-state index in [1.54, 1.807) is 0 Å². The molecule has 0 aliphatic heterocycles. The first-order valence-corrected chi connectivity index (χ1v) is 4.76. The molecule has 0 fully saturated rings. The van der Waals surface area contributed by atoms with Crippen LogP contribution in [0.1, 0.15) is 27.7 Å². The second kappa shape index (κ2) is 7.07. The van der Waals surface area contributed by atoms with Gasteiger partial charge < -0.3 is 4.79 Å². The molecule has 1 aromatic carbocycles. The van der Waals surface area contributed by atoms with E-state index in [-0.39, 0.29) is 5.78 Å². The summed E-state index contributed by atoms with van der Waals surface area (Å²) in [5.74, 6) is 0.167. The van der Waals surface area contributed by atoms with Crippen LogP contribution in [-0.4, -0.2) is 5.78 Å². The zero-order valence-corrected chi connectivity index (χ0v) is 9.37. The molecule has 76 valence electrons. The van der Waals surface area contributed by atoms with Crippen molar-refractivity contribution >= 4 is 17.9 Å². The molecule has 0 radical (unpaired) electrons. The summed E-state index contributed by atoms with van der Waals surface area (Å²) in [6.07, 6.45) is 4.24. The Bertz CT molecular complexity index is 351. The van der Waals surface area contributed by atoms with E-state index in [1.165, 1.54) is 24.3 Å². The van der Waals surface area contributed by atoms with E-state index in [9.17, 15) is 4.79 Å². The molecule has 0 spiro atoms. The van der Waals surface area contributed by atoms with Crippen molar-refractivity contribution in [2.75, 3.05) is 0 Å². The van der Waals surface area contributed by atoms with Crippen molar-refractivity contribution in [1.29, 1.82) is 0 Å². The lowest BCUT2D eigenvalue weighted by molar-refractivity contribution is -0.114. The highest BCUT2D eigenvalue weighted by molar-refractivity contribution is 5.72. The fourth-order valence-electron chi connectivity index (χ4n) is 1.04. The smallest absolute Gasteiger partial charge is 0.126 e. The lowest BCUT2D eigenvalue weighted by Gasteiger charge is -1.85. The molecule has 0 atom stereocenters. The fraction of sp³-hybridized carbons (Fsp3) is 0.308. The number of benzene rings is 1.